The number of halogens is 3. The van der Waals surface area contributed by atoms with Gasteiger partial charge < -0.3 is 15.8 Å². The molecule has 130 valence electrons. The lowest BCUT2D eigenvalue weighted by molar-refractivity contribution is -0.122. The van der Waals surface area contributed by atoms with Crippen molar-refractivity contribution < 1.29 is 18.3 Å². The molecule has 0 unspecified atom stereocenters. The van der Waals surface area contributed by atoms with E-state index in [1.165, 1.54) is 11.3 Å². The third kappa shape index (κ3) is 6.03. The van der Waals surface area contributed by atoms with Crippen molar-refractivity contribution in [2.24, 2.45) is 5.73 Å². The molecule has 0 aliphatic carbocycles. The number of nitrogens with one attached hydrogen (secondary N) is 1. The molecular weight excluding hydrogens is 360 g/mol. The van der Waals surface area contributed by atoms with Crippen molar-refractivity contribution >= 4 is 28.8 Å². The molecule has 2 aromatic rings. The minimum atomic E-state index is -3.10. The zero-order valence-corrected chi connectivity index (χ0v) is 14.2. The summed E-state index contributed by atoms with van der Waals surface area (Å²) < 4.78 is 31.5. The van der Waals surface area contributed by atoms with Gasteiger partial charge in [-0.05, 0) is 24.3 Å². The van der Waals surface area contributed by atoms with Crippen LogP contribution in [-0.2, 0) is 17.8 Å². The second-order valence-corrected chi connectivity index (χ2v) is 6.37. The van der Waals surface area contributed by atoms with Gasteiger partial charge in [-0.15, -0.1) is 11.3 Å². The number of aromatic nitrogens is 1. The molecule has 0 saturated heterocycles. The molecule has 1 heterocycles. The summed E-state index contributed by atoms with van der Waals surface area (Å²) >= 11 is 7.12. The Kier molecular flexibility index (Phi) is 6.47. The number of thiazole rings is 1. The Morgan fingerprint density at radius 3 is 2.75 bits per heavy atom. The molecule has 2 rings (SSSR count). The molecule has 0 aliphatic rings. The van der Waals surface area contributed by atoms with Crippen LogP contribution >= 0.6 is 22.9 Å². The third-order valence-electron chi connectivity index (χ3n) is 2.96. The number of alkyl halides is 2. The number of carbonyl (C=O) groups is 1. The standard InChI is InChI=1S/C15H16ClF2N3O2S/c16-10-1-3-12(4-2-10)23-6-14-21-11(7-24-14)5-13(22)20-9-15(17,18)8-19/h1-4,7H,5-6,8-9,19H2,(H,20,22). The normalized spacial score (nSPS) is 11.3. The highest BCUT2D eigenvalue weighted by atomic mass is 35.5. The maximum atomic E-state index is 13.0. The fourth-order valence-corrected chi connectivity index (χ4v) is 2.53. The molecule has 0 atom stereocenters. The van der Waals surface area contributed by atoms with Crippen molar-refractivity contribution in [3.63, 3.8) is 0 Å². The van der Waals surface area contributed by atoms with Crippen molar-refractivity contribution in [3.05, 3.63) is 45.4 Å². The smallest absolute Gasteiger partial charge is 0.277 e. The van der Waals surface area contributed by atoms with Crippen molar-refractivity contribution in [3.8, 4) is 5.75 Å². The summed E-state index contributed by atoms with van der Waals surface area (Å²) in [6.45, 7) is -1.34. The minimum Gasteiger partial charge on any atom is -0.486 e. The molecule has 1 aromatic heterocycles. The molecule has 9 heteroatoms. The summed E-state index contributed by atoms with van der Waals surface area (Å²) in [7, 11) is 0. The van der Waals surface area contributed by atoms with Crippen LogP contribution in [0, 0.1) is 0 Å². The lowest BCUT2D eigenvalue weighted by Crippen LogP contribution is -2.42. The van der Waals surface area contributed by atoms with Crippen molar-refractivity contribution in [2.45, 2.75) is 19.0 Å². The average molecular weight is 376 g/mol. The molecule has 0 aliphatic heterocycles. The monoisotopic (exact) mass is 375 g/mol. The first-order valence-electron chi connectivity index (χ1n) is 7.04. The SMILES string of the molecule is NCC(F)(F)CNC(=O)Cc1csc(COc2ccc(Cl)cc2)n1. The van der Waals surface area contributed by atoms with Crippen LogP contribution in [0.4, 0.5) is 8.78 Å². The van der Waals surface area contributed by atoms with Gasteiger partial charge in [0.1, 0.15) is 17.4 Å². The molecule has 24 heavy (non-hydrogen) atoms. The predicted molar refractivity (Wildman–Crippen MR) is 88.6 cm³/mol. The molecule has 0 spiro atoms. The summed E-state index contributed by atoms with van der Waals surface area (Å²) in [5.41, 5.74) is 5.41. The van der Waals surface area contributed by atoms with Gasteiger partial charge in [0, 0.05) is 10.4 Å². The number of rotatable bonds is 8. The second kappa shape index (κ2) is 8.36. The van der Waals surface area contributed by atoms with E-state index in [9.17, 15) is 13.6 Å². The van der Waals surface area contributed by atoms with Gasteiger partial charge in [-0.1, -0.05) is 11.6 Å². The fourth-order valence-electron chi connectivity index (χ4n) is 1.70. The Morgan fingerprint density at radius 2 is 2.08 bits per heavy atom. The topological polar surface area (TPSA) is 77.2 Å². The van der Waals surface area contributed by atoms with E-state index in [-0.39, 0.29) is 13.0 Å². The Morgan fingerprint density at radius 1 is 1.38 bits per heavy atom. The highest BCUT2D eigenvalue weighted by Gasteiger charge is 2.27. The molecule has 1 aromatic carbocycles. The number of ether oxygens (including phenoxy) is 1. The fraction of sp³-hybridized carbons (Fsp3) is 0.333. The van der Waals surface area contributed by atoms with Gasteiger partial charge in [0.05, 0.1) is 25.2 Å². The third-order valence-corrected chi connectivity index (χ3v) is 4.08. The summed E-state index contributed by atoms with van der Waals surface area (Å²) in [6.07, 6.45) is -0.0713. The van der Waals surface area contributed by atoms with Gasteiger partial charge in [0.15, 0.2) is 0 Å². The molecule has 0 bridgehead atoms. The van der Waals surface area contributed by atoms with Gasteiger partial charge in [-0.3, -0.25) is 4.79 Å². The van der Waals surface area contributed by atoms with E-state index >= 15 is 0 Å². The van der Waals surface area contributed by atoms with Crippen LogP contribution in [0.15, 0.2) is 29.6 Å². The highest BCUT2D eigenvalue weighted by molar-refractivity contribution is 7.09. The summed E-state index contributed by atoms with van der Waals surface area (Å²) in [6, 6.07) is 6.90. The van der Waals surface area contributed by atoms with Gasteiger partial charge in [0.2, 0.25) is 5.91 Å². The Hall–Kier alpha value is -1.77. The van der Waals surface area contributed by atoms with Crippen LogP contribution in [0.3, 0.4) is 0 Å². The first-order chi connectivity index (χ1) is 11.4. The average Bonchev–Trinajstić information content (AvgIpc) is 3.00. The number of nitrogens with two attached hydrogens (primary N) is 1. The number of hydrogen-bond acceptors (Lipinski definition) is 5. The molecule has 0 saturated carbocycles. The largest absolute Gasteiger partial charge is 0.486 e. The molecular formula is C15H16ClF2N3O2S. The maximum Gasteiger partial charge on any atom is 0.277 e. The maximum absolute atomic E-state index is 13.0. The van der Waals surface area contributed by atoms with Crippen LogP contribution in [0.2, 0.25) is 5.02 Å². The molecule has 0 radical (unpaired) electrons. The molecule has 3 N–H and O–H groups in total. The Balaban J connectivity index is 1.80. The summed E-state index contributed by atoms with van der Waals surface area (Å²) in [4.78, 5) is 15.9. The predicted octanol–water partition coefficient (Wildman–Crippen LogP) is 2.63. The van der Waals surface area contributed by atoms with Crippen LogP contribution in [0.25, 0.3) is 0 Å². The number of benzene rings is 1. The van der Waals surface area contributed by atoms with Crippen LogP contribution in [0.5, 0.6) is 5.75 Å². The summed E-state index contributed by atoms with van der Waals surface area (Å²) in [5, 5.41) is 5.14. The Bertz CT molecular complexity index is 680. The molecule has 0 fully saturated rings. The van der Waals surface area contributed by atoms with E-state index in [2.05, 4.69) is 10.3 Å². The number of amides is 1. The lowest BCUT2D eigenvalue weighted by atomic mass is 10.3. The van der Waals surface area contributed by atoms with E-state index in [0.29, 0.717) is 21.5 Å². The van der Waals surface area contributed by atoms with E-state index < -0.39 is 24.9 Å². The Labute approximate surface area is 146 Å². The van der Waals surface area contributed by atoms with Crippen LogP contribution in [-0.4, -0.2) is 29.9 Å². The van der Waals surface area contributed by atoms with Gasteiger partial charge in [-0.25, -0.2) is 13.8 Å². The first kappa shape index (κ1) is 18.6. The highest BCUT2D eigenvalue weighted by Crippen LogP contribution is 2.18. The van der Waals surface area contributed by atoms with E-state index in [1.807, 2.05) is 0 Å². The van der Waals surface area contributed by atoms with Crippen molar-refractivity contribution in [2.75, 3.05) is 13.1 Å². The van der Waals surface area contributed by atoms with Crippen LogP contribution in [0.1, 0.15) is 10.7 Å². The van der Waals surface area contributed by atoms with E-state index in [1.54, 1.807) is 29.6 Å². The van der Waals surface area contributed by atoms with Gasteiger partial charge >= 0.3 is 0 Å². The van der Waals surface area contributed by atoms with Gasteiger partial charge in [-0.2, -0.15) is 0 Å². The molecule has 1 amide bonds. The summed E-state index contributed by atoms with van der Waals surface area (Å²) in [5.74, 6) is -2.98. The van der Waals surface area contributed by atoms with Crippen molar-refractivity contribution in [1.82, 2.24) is 10.3 Å². The molecule has 5 nitrogen and oxygen atoms in total. The lowest BCUT2D eigenvalue weighted by Gasteiger charge is -2.14. The number of hydrogen-bond donors (Lipinski definition) is 2. The van der Waals surface area contributed by atoms with E-state index in [0.717, 1.165) is 0 Å². The minimum absolute atomic E-state index is 0.0713. The van der Waals surface area contributed by atoms with Gasteiger partial charge in [0.25, 0.3) is 5.92 Å². The van der Waals surface area contributed by atoms with E-state index in [4.69, 9.17) is 22.1 Å². The number of nitrogens with zero attached hydrogens (tertiary/aromatic N) is 1. The first-order valence-corrected chi connectivity index (χ1v) is 8.30. The second-order valence-electron chi connectivity index (χ2n) is 4.99. The van der Waals surface area contributed by atoms with Crippen molar-refractivity contribution in [1.29, 1.82) is 0 Å². The quantitative estimate of drug-likeness (QED) is 0.743. The van der Waals surface area contributed by atoms with Crippen LogP contribution < -0.4 is 15.8 Å². The zero-order valence-electron chi connectivity index (χ0n) is 12.6. The zero-order chi connectivity index (χ0) is 17.6. The number of carbonyl (C=O) groups excluding carboxylic acids is 1.